The molecule has 256 valence electrons. The second-order valence-corrected chi connectivity index (χ2v) is 11.9. The lowest BCUT2D eigenvalue weighted by Crippen LogP contribution is -2.23. The van der Waals surface area contributed by atoms with E-state index in [9.17, 15) is 31.1 Å². The van der Waals surface area contributed by atoms with Gasteiger partial charge in [-0.3, -0.25) is 4.79 Å². The lowest BCUT2D eigenvalue weighted by Gasteiger charge is -2.24. The molecular weight excluding hydrogens is 630 g/mol. The van der Waals surface area contributed by atoms with Crippen molar-refractivity contribution in [3.05, 3.63) is 48.0 Å². The molecule has 0 radical (unpaired) electrons. The Balaban J connectivity index is 0.000000186. The number of halogens is 6. The predicted octanol–water partition coefficient (Wildman–Crippen LogP) is 6.99. The lowest BCUT2D eigenvalue weighted by molar-refractivity contribution is -0.148. The highest BCUT2D eigenvalue weighted by molar-refractivity contribution is 5.93. The monoisotopic (exact) mass is 668 g/mol. The normalized spacial score (nSPS) is 16.7. The third-order valence-electron chi connectivity index (χ3n) is 8.70. The fourth-order valence-electron chi connectivity index (χ4n) is 5.97. The molecule has 2 fully saturated rings. The number of imidazole rings is 2. The number of carbonyl (C=O) groups is 1. The van der Waals surface area contributed by atoms with Crippen LogP contribution in [-0.4, -0.2) is 65.5 Å². The number of carbonyl (C=O) groups excluding carboxylic acids is 1. The molecule has 4 heterocycles. The maximum absolute atomic E-state index is 13.5. The zero-order valence-corrected chi connectivity index (χ0v) is 26.4. The lowest BCUT2D eigenvalue weighted by atomic mass is 10.0. The molecule has 4 aromatic rings. The highest BCUT2D eigenvalue weighted by Crippen LogP contribution is 2.35. The van der Waals surface area contributed by atoms with E-state index in [2.05, 4.69) is 15.3 Å². The fourth-order valence-corrected chi connectivity index (χ4v) is 5.97. The number of alkyl halides is 6. The molecule has 0 bridgehead atoms. The molecule has 9 nitrogen and oxygen atoms in total. The molecule has 1 amide bonds. The van der Waals surface area contributed by atoms with Gasteiger partial charge in [0.2, 0.25) is 17.6 Å². The molecule has 1 N–H and O–H groups in total. The number of rotatable bonds is 6. The summed E-state index contributed by atoms with van der Waals surface area (Å²) in [6, 6.07) is 9.88. The Morgan fingerprint density at radius 2 is 1.26 bits per heavy atom. The van der Waals surface area contributed by atoms with Gasteiger partial charge in [0.15, 0.2) is 0 Å². The Hall–Kier alpha value is -3.85. The van der Waals surface area contributed by atoms with E-state index >= 15 is 0 Å². The molecule has 15 heteroatoms. The minimum Gasteiger partial charge on any atom is -0.388 e. The highest BCUT2D eigenvalue weighted by Gasteiger charge is 2.39. The average Bonchev–Trinajstić information content (AvgIpc) is 3.60. The molecule has 0 spiro atoms. The number of amides is 1. The van der Waals surface area contributed by atoms with Crippen molar-refractivity contribution in [2.45, 2.75) is 58.0 Å². The number of fused-ring (bicyclic) bond motifs is 2. The summed E-state index contributed by atoms with van der Waals surface area (Å²) < 4.78 is 93.4. The second kappa shape index (κ2) is 14.1. The van der Waals surface area contributed by atoms with Crippen LogP contribution in [0.2, 0.25) is 0 Å². The first-order valence-corrected chi connectivity index (χ1v) is 15.5. The van der Waals surface area contributed by atoms with Gasteiger partial charge < -0.3 is 28.8 Å². The number of aromatic nitrogens is 4. The molecule has 2 aliphatic heterocycles. The van der Waals surface area contributed by atoms with Gasteiger partial charge in [-0.15, -0.1) is 0 Å². The number of benzene rings is 2. The van der Waals surface area contributed by atoms with Crippen molar-refractivity contribution in [1.29, 1.82) is 0 Å². The van der Waals surface area contributed by atoms with Gasteiger partial charge in [0.05, 0.1) is 22.1 Å². The summed E-state index contributed by atoms with van der Waals surface area (Å²) in [5, 5.41) is 2.92. The first kappa shape index (κ1) is 34.5. The van der Waals surface area contributed by atoms with Crippen LogP contribution in [0, 0.1) is 11.8 Å². The summed E-state index contributed by atoms with van der Waals surface area (Å²) >= 11 is 0. The van der Waals surface area contributed by atoms with Gasteiger partial charge in [0.25, 0.3) is 0 Å². The van der Waals surface area contributed by atoms with Crippen molar-refractivity contribution in [3.8, 4) is 0 Å². The van der Waals surface area contributed by atoms with E-state index in [1.807, 2.05) is 0 Å². The van der Waals surface area contributed by atoms with Crippen molar-refractivity contribution >= 4 is 39.3 Å². The van der Waals surface area contributed by atoms with Crippen molar-refractivity contribution in [3.63, 3.8) is 0 Å². The highest BCUT2D eigenvalue weighted by atomic mass is 19.4. The van der Waals surface area contributed by atoms with E-state index in [1.54, 1.807) is 44.4 Å². The molecule has 2 aliphatic rings. The summed E-state index contributed by atoms with van der Waals surface area (Å²) in [6.45, 7) is 4.36. The Morgan fingerprint density at radius 1 is 0.809 bits per heavy atom. The van der Waals surface area contributed by atoms with Crippen LogP contribution in [0.1, 0.15) is 44.3 Å². The third kappa shape index (κ3) is 8.00. The smallest absolute Gasteiger partial charge is 0.388 e. The van der Waals surface area contributed by atoms with Crippen LogP contribution >= 0.6 is 0 Å². The van der Waals surface area contributed by atoms with Gasteiger partial charge in [-0.05, 0) is 73.9 Å². The van der Waals surface area contributed by atoms with Crippen molar-refractivity contribution in [1.82, 2.24) is 19.1 Å². The van der Waals surface area contributed by atoms with E-state index in [0.29, 0.717) is 55.2 Å². The third-order valence-corrected chi connectivity index (χ3v) is 8.70. The minimum atomic E-state index is -4.53. The number of nitrogens with one attached hydrogen (secondary N) is 1. The maximum Gasteiger partial charge on any atom is 0.449 e. The SMILES string of the molecule is CC(=O)N(C)c1ccc2c(c1)nc(C(F)(F)F)n2CC1CCOCC1.CNc1ccc2c(c1)nc(C(F)(F)F)n2CC1CCOCC1. The molecule has 2 saturated heterocycles. The van der Waals surface area contributed by atoms with E-state index in [0.717, 1.165) is 31.4 Å². The van der Waals surface area contributed by atoms with E-state index in [4.69, 9.17) is 9.47 Å². The number of hydrogen-bond donors (Lipinski definition) is 1. The predicted molar refractivity (Wildman–Crippen MR) is 165 cm³/mol. The zero-order valence-electron chi connectivity index (χ0n) is 26.4. The van der Waals surface area contributed by atoms with Crippen LogP contribution < -0.4 is 10.2 Å². The molecule has 47 heavy (non-hydrogen) atoms. The van der Waals surface area contributed by atoms with E-state index < -0.39 is 24.0 Å². The molecule has 0 aliphatic carbocycles. The fraction of sp³-hybridized carbons (Fsp3) is 0.531. The van der Waals surface area contributed by atoms with E-state index in [-0.39, 0.29) is 29.8 Å². The van der Waals surface area contributed by atoms with Crippen LogP contribution in [0.5, 0.6) is 0 Å². The van der Waals surface area contributed by atoms with Gasteiger partial charge in [0, 0.05) is 71.9 Å². The Labute approximate surface area is 267 Å². The summed E-state index contributed by atoms with van der Waals surface area (Å²) in [4.78, 5) is 20.5. The molecule has 6 rings (SSSR count). The largest absolute Gasteiger partial charge is 0.449 e. The van der Waals surface area contributed by atoms with Crippen molar-refractivity contribution < 1.29 is 40.6 Å². The molecule has 2 aromatic carbocycles. The Kier molecular flexibility index (Phi) is 10.3. The van der Waals surface area contributed by atoms with Crippen LogP contribution in [0.3, 0.4) is 0 Å². The van der Waals surface area contributed by atoms with Gasteiger partial charge in [-0.1, -0.05) is 0 Å². The van der Waals surface area contributed by atoms with E-state index in [1.165, 1.54) is 27.0 Å². The minimum absolute atomic E-state index is 0.131. The summed E-state index contributed by atoms with van der Waals surface area (Å²) in [7, 11) is 3.30. The summed E-state index contributed by atoms with van der Waals surface area (Å²) in [5.74, 6) is -1.58. The van der Waals surface area contributed by atoms with Crippen LogP contribution in [0.15, 0.2) is 36.4 Å². The Bertz CT molecular complexity index is 1690. The number of hydrogen-bond acceptors (Lipinski definition) is 6. The van der Waals surface area contributed by atoms with Crippen molar-refractivity contribution in [2.75, 3.05) is 50.7 Å². The summed E-state index contributed by atoms with van der Waals surface area (Å²) in [5.41, 5.74) is 2.83. The molecule has 2 aromatic heterocycles. The topological polar surface area (TPSA) is 86.4 Å². The zero-order chi connectivity index (χ0) is 33.9. The van der Waals surface area contributed by atoms with Crippen molar-refractivity contribution in [2.24, 2.45) is 11.8 Å². The first-order valence-electron chi connectivity index (χ1n) is 15.5. The van der Waals surface area contributed by atoms with Crippen LogP contribution in [0.4, 0.5) is 37.7 Å². The molecule has 0 saturated carbocycles. The maximum atomic E-state index is 13.5. The standard InChI is InChI=1S/C17H20F3N3O2.C15H18F3N3O/c1-11(24)22(2)13-3-4-15-14(9-13)21-16(17(18,19)20)23(15)10-12-5-7-25-8-6-12;1-19-11-2-3-13-12(8-11)20-14(15(16,17)18)21(13)9-10-4-6-22-7-5-10/h3-4,9,12H,5-8,10H2,1-2H3;2-3,8,10,19H,4-7,9H2,1H3. The first-order chi connectivity index (χ1) is 22.3. The second-order valence-electron chi connectivity index (χ2n) is 11.9. The van der Waals surface area contributed by atoms with Gasteiger partial charge >= 0.3 is 12.4 Å². The number of ether oxygens (including phenoxy) is 2. The van der Waals surface area contributed by atoms with Crippen LogP contribution in [-0.2, 0) is 39.7 Å². The molecular formula is C32H38F6N6O3. The quantitative estimate of drug-likeness (QED) is 0.223. The average molecular weight is 669 g/mol. The van der Waals surface area contributed by atoms with Gasteiger partial charge in [-0.25, -0.2) is 9.97 Å². The van der Waals surface area contributed by atoms with Crippen LogP contribution in [0.25, 0.3) is 22.1 Å². The van der Waals surface area contributed by atoms with Gasteiger partial charge in [0.1, 0.15) is 0 Å². The summed E-state index contributed by atoms with van der Waals surface area (Å²) in [6.07, 6.45) is -5.94. The molecule has 0 atom stereocenters. The van der Waals surface area contributed by atoms with Gasteiger partial charge in [-0.2, -0.15) is 26.3 Å². The number of nitrogens with zero attached hydrogens (tertiary/aromatic N) is 5. The number of anilines is 2. The Morgan fingerprint density at radius 3 is 1.68 bits per heavy atom. The molecule has 0 unspecified atom stereocenters.